The SMILES string of the molecule is CC(=O)O[C@@]12CO[C@@H]1C[C@H](O)[C@@]1(C)C(=O)[C@H](O)C3=C(C)[C@@H](OC(=O)[C@H](O)[C@H](CC(C)(C)C)NC(=O)OC(C)(C)C)C[C@@](O)([C@@H](OC(=O)c4ccccc4)C12)C3(C)C. The lowest BCUT2D eigenvalue weighted by Gasteiger charge is -2.67. The molecule has 316 valence electrons. The number of alkyl carbamates (subject to hydrolysis) is 1. The number of aliphatic hydroxyl groups excluding tert-OH is 3. The molecular weight excluding hydrogens is 742 g/mol. The van der Waals surface area contributed by atoms with Crippen LogP contribution >= 0.6 is 0 Å². The molecule has 2 bridgehead atoms. The topological polar surface area (TPSA) is 224 Å². The Kier molecular flexibility index (Phi) is 11.7. The van der Waals surface area contributed by atoms with Crippen molar-refractivity contribution in [2.45, 2.75) is 155 Å². The van der Waals surface area contributed by atoms with Gasteiger partial charge in [-0.05, 0) is 69.7 Å². The minimum Gasteiger partial charge on any atom is -0.456 e. The maximum Gasteiger partial charge on any atom is 0.407 e. The molecule has 2 saturated carbocycles. The van der Waals surface area contributed by atoms with Gasteiger partial charge in [0.05, 0.1) is 35.6 Å². The molecule has 0 radical (unpaired) electrons. The number of benzene rings is 1. The van der Waals surface area contributed by atoms with E-state index in [2.05, 4.69) is 5.32 Å². The second-order valence-electron chi connectivity index (χ2n) is 19.1. The van der Waals surface area contributed by atoms with Gasteiger partial charge in [-0.15, -0.1) is 0 Å². The Morgan fingerprint density at radius 3 is 2.14 bits per heavy atom. The van der Waals surface area contributed by atoms with Gasteiger partial charge in [-0.25, -0.2) is 14.4 Å². The zero-order valence-corrected chi connectivity index (χ0v) is 34.7. The number of fused-ring (bicyclic) bond motifs is 5. The van der Waals surface area contributed by atoms with Gasteiger partial charge < -0.3 is 49.4 Å². The van der Waals surface area contributed by atoms with E-state index < -0.39 is 118 Å². The van der Waals surface area contributed by atoms with Crippen LogP contribution in [0, 0.1) is 22.2 Å². The van der Waals surface area contributed by atoms with Gasteiger partial charge in [0.2, 0.25) is 0 Å². The molecule has 0 spiro atoms. The fourth-order valence-corrected chi connectivity index (χ4v) is 9.51. The summed E-state index contributed by atoms with van der Waals surface area (Å²) in [5.74, 6) is -5.27. The van der Waals surface area contributed by atoms with Crippen molar-refractivity contribution in [2.24, 2.45) is 22.2 Å². The first kappa shape index (κ1) is 44.2. The summed E-state index contributed by atoms with van der Waals surface area (Å²) in [4.78, 5) is 68.7. The smallest absolute Gasteiger partial charge is 0.407 e. The summed E-state index contributed by atoms with van der Waals surface area (Å²) in [6.07, 6.45) is -11.1. The fraction of sp³-hybridized carbons (Fsp3) is 0.690. The van der Waals surface area contributed by atoms with Crippen LogP contribution < -0.4 is 5.32 Å². The highest BCUT2D eigenvalue weighted by Gasteiger charge is 2.78. The van der Waals surface area contributed by atoms with Gasteiger partial charge in [-0.2, -0.15) is 0 Å². The third kappa shape index (κ3) is 7.85. The van der Waals surface area contributed by atoms with Crippen LogP contribution in [0.2, 0.25) is 0 Å². The quantitative estimate of drug-likeness (QED) is 0.145. The molecule has 3 aliphatic carbocycles. The Morgan fingerprint density at radius 2 is 1.61 bits per heavy atom. The van der Waals surface area contributed by atoms with E-state index in [1.54, 1.807) is 52.8 Å². The van der Waals surface area contributed by atoms with E-state index in [0.29, 0.717) is 0 Å². The fourth-order valence-electron chi connectivity index (χ4n) is 9.51. The lowest BCUT2D eigenvalue weighted by Crippen LogP contribution is -2.81. The molecular formula is C42H59NO14. The average Bonchev–Trinajstić information content (AvgIpc) is 3.08. The zero-order chi connectivity index (χ0) is 42.8. The predicted octanol–water partition coefficient (Wildman–Crippen LogP) is 3.32. The van der Waals surface area contributed by atoms with Crippen LogP contribution in [0.3, 0.4) is 0 Å². The van der Waals surface area contributed by atoms with E-state index in [9.17, 15) is 44.4 Å². The molecule has 3 fully saturated rings. The number of esters is 3. The van der Waals surface area contributed by atoms with Crippen LogP contribution in [-0.2, 0) is 38.1 Å². The minimum absolute atomic E-state index is 0.0483. The third-order valence-corrected chi connectivity index (χ3v) is 12.3. The van der Waals surface area contributed by atoms with Gasteiger partial charge in [0.15, 0.2) is 17.5 Å². The van der Waals surface area contributed by atoms with Crippen LogP contribution in [0.15, 0.2) is 41.5 Å². The number of nitrogens with one attached hydrogen (secondary N) is 1. The van der Waals surface area contributed by atoms with Crippen molar-refractivity contribution in [1.82, 2.24) is 5.32 Å². The van der Waals surface area contributed by atoms with Crippen LogP contribution in [0.5, 0.6) is 0 Å². The number of ether oxygens (including phenoxy) is 5. The maximum absolute atomic E-state index is 14.9. The van der Waals surface area contributed by atoms with Gasteiger partial charge in [0.1, 0.15) is 35.6 Å². The molecule has 11 atom stereocenters. The number of hydrogen-bond acceptors (Lipinski definition) is 14. The zero-order valence-electron chi connectivity index (χ0n) is 34.7. The molecule has 1 aliphatic heterocycles. The first-order chi connectivity index (χ1) is 26.1. The van der Waals surface area contributed by atoms with Crippen LogP contribution in [-0.4, -0.2) is 116 Å². The number of carbonyl (C=O) groups excluding carboxylic acids is 5. The number of ketones is 1. The number of hydrogen-bond donors (Lipinski definition) is 5. The van der Waals surface area contributed by atoms with Crippen LogP contribution in [0.1, 0.15) is 106 Å². The van der Waals surface area contributed by atoms with Crippen LogP contribution in [0.25, 0.3) is 0 Å². The van der Waals surface area contributed by atoms with E-state index in [-0.39, 0.29) is 36.2 Å². The van der Waals surface area contributed by atoms with E-state index in [4.69, 9.17) is 23.7 Å². The van der Waals surface area contributed by atoms with Crippen molar-refractivity contribution in [3.8, 4) is 0 Å². The van der Waals surface area contributed by atoms with Gasteiger partial charge in [0, 0.05) is 25.2 Å². The number of aliphatic hydroxyl groups is 4. The second-order valence-corrected chi connectivity index (χ2v) is 19.1. The third-order valence-electron chi connectivity index (χ3n) is 12.3. The molecule has 15 nitrogen and oxygen atoms in total. The predicted molar refractivity (Wildman–Crippen MR) is 202 cm³/mol. The largest absolute Gasteiger partial charge is 0.456 e. The van der Waals surface area contributed by atoms with Crippen molar-refractivity contribution >= 4 is 29.8 Å². The highest BCUT2D eigenvalue weighted by atomic mass is 16.6. The highest BCUT2D eigenvalue weighted by molar-refractivity contribution is 5.94. The number of carbonyl (C=O) groups is 5. The molecule has 5 N–H and O–H groups in total. The second kappa shape index (κ2) is 15.0. The molecule has 1 aromatic rings. The molecule has 1 aromatic carbocycles. The van der Waals surface area contributed by atoms with Crippen molar-refractivity contribution < 1.29 is 68.1 Å². The summed E-state index contributed by atoms with van der Waals surface area (Å²) in [5.41, 5.74) is -8.84. The van der Waals surface area contributed by atoms with Gasteiger partial charge in [-0.3, -0.25) is 9.59 Å². The lowest BCUT2D eigenvalue weighted by molar-refractivity contribution is -0.346. The molecule has 15 heteroatoms. The molecule has 0 aromatic heterocycles. The van der Waals surface area contributed by atoms with Crippen molar-refractivity contribution in [3.63, 3.8) is 0 Å². The summed E-state index contributed by atoms with van der Waals surface area (Å²) in [6.45, 7) is 17.4. The summed E-state index contributed by atoms with van der Waals surface area (Å²) in [6, 6.07) is 6.69. The molecule has 57 heavy (non-hydrogen) atoms. The highest BCUT2D eigenvalue weighted by Crippen LogP contribution is 2.64. The monoisotopic (exact) mass is 801 g/mol. The first-order valence-corrected chi connectivity index (χ1v) is 19.4. The normalized spacial score (nSPS) is 34.5. The summed E-state index contributed by atoms with van der Waals surface area (Å²) < 4.78 is 29.5. The summed E-state index contributed by atoms with van der Waals surface area (Å²) in [5, 5.41) is 51.5. The molecule has 1 saturated heterocycles. The van der Waals surface area contributed by atoms with Crippen molar-refractivity contribution in [2.75, 3.05) is 6.61 Å². The molecule has 5 rings (SSSR count). The minimum atomic E-state index is -2.33. The van der Waals surface area contributed by atoms with E-state index in [1.165, 1.54) is 26.0 Å². The van der Waals surface area contributed by atoms with E-state index in [0.717, 1.165) is 6.92 Å². The molecule has 4 aliphatic rings. The lowest BCUT2D eigenvalue weighted by atomic mass is 9.44. The molecule has 1 unspecified atom stereocenters. The Hall–Kier alpha value is -3.89. The van der Waals surface area contributed by atoms with E-state index >= 15 is 0 Å². The maximum atomic E-state index is 14.9. The Balaban J connectivity index is 1.66. The van der Waals surface area contributed by atoms with Gasteiger partial charge in [-0.1, -0.05) is 52.8 Å². The van der Waals surface area contributed by atoms with Crippen molar-refractivity contribution in [3.05, 3.63) is 47.0 Å². The Bertz CT molecular complexity index is 1790. The average molecular weight is 802 g/mol. The van der Waals surface area contributed by atoms with Gasteiger partial charge >= 0.3 is 24.0 Å². The number of amides is 1. The number of Topliss-reactive ketones (excluding diaryl/α,β-unsaturated/α-hetero) is 1. The van der Waals surface area contributed by atoms with Gasteiger partial charge in [0.25, 0.3) is 0 Å². The standard InChI is InChI=1S/C42H59NO14/c1-21-25(54-35(50)29(46)24(18-37(3,4)5)43-36(51)57-38(6,7)8)19-42(52)33(55-34(49)23-15-13-12-14-16-23)31-40(11,32(48)30(47)28(21)39(42,9)10)26(45)17-27-41(31,20-53-27)56-22(2)44/h12-16,24-27,29-31,33,45-47,52H,17-20H2,1-11H3,(H,43,51)/t24-,25-,26-,27+,29+,30+,31?,33-,40+,41-,42+/m0/s1. The molecule has 1 heterocycles. The number of rotatable bonds is 8. The first-order valence-electron chi connectivity index (χ1n) is 19.4. The van der Waals surface area contributed by atoms with Crippen molar-refractivity contribution in [1.29, 1.82) is 0 Å². The molecule has 1 amide bonds. The summed E-state index contributed by atoms with van der Waals surface area (Å²) in [7, 11) is 0. The summed E-state index contributed by atoms with van der Waals surface area (Å²) >= 11 is 0. The Labute approximate surface area is 333 Å². The van der Waals surface area contributed by atoms with Crippen LogP contribution in [0.4, 0.5) is 4.79 Å². The Morgan fingerprint density at radius 1 is 1.00 bits per heavy atom. The van der Waals surface area contributed by atoms with E-state index in [1.807, 2.05) is 20.8 Å².